The molecule has 0 saturated carbocycles. The second-order valence-electron chi connectivity index (χ2n) is 12.9. The Hall–Kier alpha value is -4.90. The highest BCUT2D eigenvalue weighted by molar-refractivity contribution is 5.99. The maximum atomic E-state index is 13.3. The van der Waals surface area contributed by atoms with Gasteiger partial charge in [0.15, 0.2) is 0 Å². The molecule has 5 rings (SSSR count). The number of ether oxygens (including phenoxy) is 1. The van der Waals surface area contributed by atoms with E-state index in [2.05, 4.69) is 60.6 Å². The Balaban J connectivity index is 1.36. The van der Waals surface area contributed by atoms with E-state index in [-0.39, 0.29) is 17.9 Å². The molecule has 0 bridgehead atoms. The fourth-order valence-corrected chi connectivity index (χ4v) is 5.65. The van der Waals surface area contributed by atoms with Gasteiger partial charge < -0.3 is 14.6 Å². The topological polar surface area (TPSA) is 60.3 Å². The minimum Gasteiger partial charge on any atom is -0.456 e. The Bertz CT molecular complexity index is 1900. The molecular weight excluding hydrogens is 556 g/mol. The van der Waals surface area contributed by atoms with Crippen LogP contribution in [-0.4, -0.2) is 22.0 Å². The van der Waals surface area contributed by atoms with Gasteiger partial charge >= 0.3 is 5.97 Å². The Morgan fingerprint density at radius 1 is 0.889 bits per heavy atom. The van der Waals surface area contributed by atoms with E-state index < -0.39 is 5.60 Å². The third kappa shape index (κ3) is 6.93. The number of aromatic nitrogens is 1. The average Bonchev–Trinajstić information content (AvgIpc) is 3.24. The van der Waals surface area contributed by atoms with Gasteiger partial charge in [0, 0.05) is 28.7 Å². The van der Waals surface area contributed by atoms with E-state index in [0.29, 0.717) is 17.7 Å². The summed E-state index contributed by atoms with van der Waals surface area (Å²) in [6.07, 6.45) is 0. The van der Waals surface area contributed by atoms with Crippen molar-refractivity contribution in [2.24, 2.45) is 0 Å². The maximum absolute atomic E-state index is 13.3. The highest BCUT2D eigenvalue weighted by Crippen LogP contribution is 2.30. The Morgan fingerprint density at radius 2 is 1.60 bits per heavy atom. The fraction of sp³-hybridized carbons (Fsp3) is 0.250. The zero-order valence-electron chi connectivity index (χ0n) is 27.3. The van der Waals surface area contributed by atoms with Gasteiger partial charge in [0.25, 0.3) is 5.91 Å². The van der Waals surface area contributed by atoms with E-state index >= 15 is 0 Å². The zero-order chi connectivity index (χ0) is 32.5. The van der Waals surface area contributed by atoms with Crippen molar-refractivity contribution in [3.63, 3.8) is 0 Å². The number of nitrogens with one attached hydrogen (secondary N) is 1. The number of allylic oxidation sites excluding steroid dienone is 1. The van der Waals surface area contributed by atoms with Crippen LogP contribution in [0.25, 0.3) is 27.6 Å². The zero-order valence-corrected chi connectivity index (χ0v) is 27.3. The standard InChI is InChI=1S/C40H42N2O3/c1-25(2)31-12-11-13-32(22-31)27(4)41-38(43)33-20-21-37-36(23-33)26(3)28(5)42(37)24-29-16-18-30(19-17-29)34-14-9-10-15-35(34)39(44)45-40(6,7)8/h9-23,27H,1,24H2,2-8H3,(H,41,43). The van der Waals surface area contributed by atoms with Crippen LogP contribution in [0, 0.1) is 13.8 Å². The van der Waals surface area contributed by atoms with Crippen LogP contribution in [0.4, 0.5) is 0 Å². The average molecular weight is 599 g/mol. The number of fused-ring (bicyclic) bond motifs is 1. The first kappa shape index (κ1) is 31.5. The number of esters is 1. The molecule has 230 valence electrons. The molecule has 0 radical (unpaired) electrons. The van der Waals surface area contributed by atoms with E-state index in [9.17, 15) is 9.59 Å². The van der Waals surface area contributed by atoms with Gasteiger partial charge in [0.1, 0.15) is 5.60 Å². The molecule has 5 heteroatoms. The Morgan fingerprint density at radius 3 is 2.29 bits per heavy atom. The molecule has 0 fully saturated rings. The molecule has 45 heavy (non-hydrogen) atoms. The van der Waals surface area contributed by atoms with E-state index in [1.54, 1.807) is 0 Å². The predicted molar refractivity (Wildman–Crippen MR) is 185 cm³/mol. The van der Waals surface area contributed by atoms with Crippen LogP contribution >= 0.6 is 0 Å². The molecule has 1 unspecified atom stereocenters. The summed E-state index contributed by atoms with van der Waals surface area (Å²) in [4.78, 5) is 26.2. The van der Waals surface area contributed by atoms with Gasteiger partial charge in [0.2, 0.25) is 0 Å². The summed E-state index contributed by atoms with van der Waals surface area (Å²) in [6, 6.07) is 29.8. The summed E-state index contributed by atoms with van der Waals surface area (Å²) in [7, 11) is 0. The first-order valence-corrected chi connectivity index (χ1v) is 15.4. The van der Waals surface area contributed by atoms with Gasteiger partial charge in [-0.2, -0.15) is 0 Å². The summed E-state index contributed by atoms with van der Waals surface area (Å²) in [5, 5.41) is 4.23. The Kier molecular flexibility index (Phi) is 8.83. The van der Waals surface area contributed by atoms with Crippen molar-refractivity contribution in [3.8, 4) is 11.1 Å². The van der Waals surface area contributed by atoms with Crippen molar-refractivity contribution in [1.29, 1.82) is 0 Å². The van der Waals surface area contributed by atoms with E-state index in [4.69, 9.17) is 4.74 Å². The Labute approximate surface area is 266 Å². The number of amides is 1. The lowest BCUT2D eigenvalue weighted by molar-refractivity contribution is 0.00703. The van der Waals surface area contributed by atoms with Crippen molar-refractivity contribution in [2.75, 3.05) is 0 Å². The molecule has 1 atom stereocenters. The molecule has 5 nitrogen and oxygen atoms in total. The van der Waals surface area contributed by atoms with Crippen LogP contribution in [0.1, 0.15) is 89.3 Å². The van der Waals surface area contributed by atoms with Gasteiger partial charge in [-0.05, 0) is 112 Å². The second kappa shape index (κ2) is 12.6. The first-order chi connectivity index (χ1) is 21.3. The van der Waals surface area contributed by atoms with Crippen molar-refractivity contribution in [3.05, 3.63) is 137 Å². The highest BCUT2D eigenvalue weighted by Gasteiger charge is 2.21. The van der Waals surface area contributed by atoms with Gasteiger partial charge in [0.05, 0.1) is 11.6 Å². The lowest BCUT2D eigenvalue weighted by Gasteiger charge is -2.20. The molecule has 0 aliphatic rings. The van der Waals surface area contributed by atoms with E-state index in [1.807, 2.05) is 95.3 Å². The van der Waals surface area contributed by atoms with E-state index in [1.165, 1.54) is 0 Å². The van der Waals surface area contributed by atoms with Gasteiger partial charge in [-0.25, -0.2) is 4.79 Å². The summed E-state index contributed by atoms with van der Waals surface area (Å²) in [5.74, 6) is -0.427. The maximum Gasteiger partial charge on any atom is 0.339 e. The molecular formula is C40H42N2O3. The number of nitrogens with zero attached hydrogens (tertiary/aromatic N) is 1. The van der Waals surface area contributed by atoms with Crippen molar-refractivity contribution >= 4 is 28.4 Å². The minimum absolute atomic E-state index is 0.0998. The number of hydrogen-bond acceptors (Lipinski definition) is 3. The van der Waals surface area contributed by atoms with Crippen molar-refractivity contribution in [2.45, 2.75) is 66.7 Å². The predicted octanol–water partition coefficient (Wildman–Crippen LogP) is 9.45. The quantitative estimate of drug-likeness (QED) is 0.181. The number of carbonyl (C=O) groups is 2. The summed E-state index contributed by atoms with van der Waals surface area (Å²) in [6.45, 7) is 18.6. The van der Waals surface area contributed by atoms with Gasteiger partial charge in [-0.15, -0.1) is 0 Å². The van der Waals surface area contributed by atoms with Crippen LogP contribution < -0.4 is 5.32 Å². The molecule has 0 aliphatic carbocycles. The number of carbonyl (C=O) groups excluding carboxylic acids is 2. The SMILES string of the molecule is C=C(C)c1cccc(C(C)NC(=O)c2ccc3c(c2)c(C)c(C)n3Cc2ccc(-c3ccccc3C(=O)OC(C)(C)C)cc2)c1. The molecule has 4 aromatic carbocycles. The molecule has 5 aromatic rings. The van der Waals surface area contributed by atoms with Crippen molar-refractivity contribution in [1.82, 2.24) is 9.88 Å². The second-order valence-corrected chi connectivity index (χ2v) is 12.9. The smallest absolute Gasteiger partial charge is 0.339 e. The summed E-state index contributed by atoms with van der Waals surface area (Å²) in [5.41, 5.74) is 10.1. The fourth-order valence-electron chi connectivity index (χ4n) is 5.65. The van der Waals surface area contributed by atoms with Gasteiger partial charge in [-0.1, -0.05) is 72.8 Å². The highest BCUT2D eigenvalue weighted by atomic mass is 16.6. The number of aryl methyl sites for hydroxylation is 1. The monoisotopic (exact) mass is 598 g/mol. The van der Waals surface area contributed by atoms with Crippen LogP contribution in [-0.2, 0) is 11.3 Å². The molecule has 0 spiro atoms. The lowest BCUT2D eigenvalue weighted by atomic mass is 9.98. The van der Waals surface area contributed by atoms with Crippen LogP contribution in [0.5, 0.6) is 0 Å². The molecule has 1 aromatic heterocycles. The van der Waals surface area contributed by atoms with Crippen LogP contribution in [0.15, 0.2) is 97.6 Å². The summed E-state index contributed by atoms with van der Waals surface area (Å²) < 4.78 is 7.94. The minimum atomic E-state index is -0.566. The lowest BCUT2D eigenvalue weighted by Crippen LogP contribution is -2.26. The van der Waals surface area contributed by atoms with Gasteiger partial charge in [-0.3, -0.25) is 4.79 Å². The van der Waals surface area contributed by atoms with Crippen LogP contribution in [0.3, 0.4) is 0 Å². The third-order valence-corrected chi connectivity index (χ3v) is 8.28. The molecule has 0 aliphatic heterocycles. The summed E-state index contributed by atoms with van der Waals surface area (Å²) >= 11 is 0. The molecule has 1 heterocycles. The largest absolute Gasteiger partial charge is 0.456 e. The normalized spacial score (nSPS) is 12.2. The number of rotatable bonds is 8. The molecule has 0 saturated heterocycles. The first-order valence-electron chi connectivity index (χ1n) is 15.4. The third-order valence-electron chi connectivity index (χ3n) is 8.28. The van der Waals surface area contributed by atoms with E-state index in [0.717, 1.165) is 55.6 Å². The van der Waals surface area contributed by atoms with Crippen molar-refractivity contribution < 1.29 is 14.3 Å². The molecule has 1 amide bonds. The number of benzene rings is 4. The molecule has 1 N–H and O–H groups in total. The number of hydrogen-bond donors (Lipinski definition) is 1. The van der Waals surface area contributed by atoms with Crippen LogP contribution in [0.2, 0.25) is 0 Å².